The van der Waals surface area contributed by atoms with Crippen molar-refractivity contribution in [1.82, 2.24) is 15.5 Å². The van der Waals surface area contributed by atoms with Gasteiger partial charge in [0.25, 0.3) is 0 Å². The molecule has 162 valence electrons. The number of hydrogen-bond donors (Lipinski definition) is 2. The van der Waals surface area contributed by atoms with Gasteiger partial charge >= 0.3 is 6.09 Å². The first-order chi connectivity index (χ1) is 13.7. The Labute approximate surface area is 173 Å². The van der Waals surface area contributed by atoms with Crippen LogP contribution in [0.25, 0.3) is 0 Å². The van der Waals surface area contributed by atoms with Crippen LogP contribution in [0.2, 0.25) is 0 Å². The molecule has 0 aliphatic carbocycles. The molecule has 1 fully saturated rings. The number of amides is 1. The van der Waals surface area contributed by atoms with Crippen molar-refractivity contribution in [2.45, 2.75) is 46.3 Å². The highest BCUT2D eigenvalue weighted by molar-refractivity contribution is 5.79. The molecule has 1 aliphatic rings. The topological polar surface area (TPSA) is 69.2 Å². The fourth-order valence-corrected chi connectivity index (χ4v) is 3.02. The number of carbonyl (C=O) groups is 1. The fraction of sp³-hybridized carbons (Fsp3) is 0.619. The van der Waals surface area contributed by atoms with Crippen LogP contribution in [0.5, 0.6) is 0 Å². The van der Waals surface area contributed by atoms with Crippen molar-refractivity contribution < 1.29 is 13.9 Å². The summed E-state index contributed by atoms with van der Waals surface area (Å²) in [6, 6.07) is 5.27. The van der Waals surface area contributed by atoms with Crippen LogP contribution >= 0.6 is 0 Å². The van der Waals surface area contributed by atoms with Crippen molar-refractivity contribution in [1.29, 1.82) is 0 Å². The Morgan fingerprint density at radius 2 is 1.90 bits per heavy atom. The predicted molar refractivity (Wildman–Crippen MR) is 115 cm³/mol. The molecule has 1 heterocycles. The zero-order valence-corrected chi connectivity index (χ0v) is 18.2. The summed E-state index contributed by atoms with van der Waals surface area (Å²) in [7, 11) is 1.71. The number of anilines is 1. The molecular formula is C21H34FN5O2. The Bertz CT molecular complexity index is 710. The Morgan fingerprint density at radius 1 is 1.21 bits per heavy atom. The number of rotatable bonds is 5. The van der Waals surface area contributed by atoms with Gasteiger partial charge in [-0.3, -0.25) is 4.99 Å². The Morgan fingerprint density at radius 3 is 2.45 bits per heavy atom. The summed E-state index contributed by atoms with van der Waals surface area (Å²) in [4.78, 5) is 20.0. The van der Waals surface area contributed by atoms with Crippen molar-refractivity contribution in [3.8, 4) is 0 Å². The molecule has 1 amide bonds. The second-order valence-electron chi connectivity index (χ2n) is 8.09. The molecule has 0 unspecified atom stereocenters. The molecule has 1 aromatic rings. The summed E-state index contributed by atoms with van der Waals surface area (Å²) in [5.74, 6) is 0.445. The molecule has 0 spiro atoms. The average Bonchev–Trinajstić information content (AvgIpc) is 2.67. The van der Waals surface area contributed by atoms with Crippen molar-refractivity contribution in [2.24, 2.45) is 4.99 Å². The molecule has 0 saturated carbocycles. The lowest BCUT2D eigenvalue weighted by atomic mass is 10.1. The Hall–Kier alpha value is -2.51. The van der Waals surface area contributed by atoms with Gasteiger partial charge in [0.2, 0.25) is 0 Å². The zero-order chi connectivity index (χ0) is 21.4. The first kappa shape index (κ1) is 22.8. The predicted octanol–water partition coefficient (Wildman–Crippen LogP) is 2.96. The lowest BCUT2D eigenvalue weighted by Gasteiger charge is -2.36. The maximum absolute atomic E-state index is 14.7. The number of ether oxygens (including phenoxy) is 1. The van der Waals surface area contributed by atoms with Crippen LogP contribution in [-0.2, 0) is 11.3 Å². The fourth-order valence-electron chi connectivity index (χ4n) is 3.02. The SMILES string of the molecule is CCCNC(=NC)NCc1ccc(N2CCN(C(=O)OC(C)(C)C)CC2)c(F)c1. The van der Waals surface area contributed by atoms with Gasteiger partial charge in [-0.2, -0.15) is 0 Å². The number of guanidine groups is 1. The third kappa shape index (κ3) is 7.11. The number of nitrogens with one attached hydrogen (secondary N) is 2. The molecule has 2 rings (SSSR count). The Kier molecular flexibility index (Phi) is 8.10. The first-order valence-corrected chi connectivity index (χ1v) is 10.2. The van der Waals surface area contributed by atoms with Crippen LogP contribution in [0, 0.1) is 5.82 Å². The number of hydrogen-bond acceptors (Lipinski definition) is 4. The number of carbonyl (C=O) groups excluding carboxylic acids is 1. The van der Waals surface area contributed by atoms with E-state index in [1.807, 2.05) is 31.7 Å². The van der Waals surface area contributed by atoms with Gasteiger partial charge in [0, 0.05) is 46.3 Å². The van der Waals surface area contributed by atoms with Crippen molar-refractivity contribution in [2.75, 3.05) is 44.7 Å². The van der Waals surface area contributed by atoms with E-state index in [-0.39, 0.29) is 11.9 Å². The molecular weight excluding hydrogens is 373 g/mol. The van der Waals surface area contributed by atoms with Crippen LogP contribution in [0.15, 0.2) is 23.2 Å². The van der Waals surface area contributed by atoms with Crippen LogP contribution in [0.4, 0.5) is 14.9 Å². The molecule has 0 radical (unpaired) electrons. The number of halogens is 1. The van der Waals surface area contributed by atoms with E-state index >= 15 is 0 Å². The van der Waals surface area contributed by atoms with Gasteiger partial charge in [-0.05, 0) is 44.9 Å². The number of aliphatic imine (C=N–C) groups is 1. The normalized spacial score (nSPS) is 15.3. The molecule has 1 aliphatic heterocycles. The van der Waals surface area contributed by atoms with Crippen LogP contribution in [-0.4, -0.2) is 62.3 Å². The molecule has 2 N–H and O–H groups in total. The third-order valence-electron chi connectivity index (χ3n) is 4.51. The van der Waals surface area contributed by atoms with E-state index in [2.05, 4.69) is 22.5 Å². The number of piperazine rings is 1. The lowest BCUT2D eigenvalue weighted by Crippen LogP contribution is -2.50. The highest BCUT2D eigenvalue weighted by Gasteiger charge is 2.26. The van der Waals surface area contributed by atoms with Crippen molar-refractivity contribution in [3.05, 3.63) is 29.6 Å². The van der Waals surface area contributed by atoms with Crippen LogP contribution in [0.3, 0.4) is 0 Å². The van der Waals surface area contributed by atoms with Gasteiger partial charge in [0.15, 0.2) is 5.96 Å². The standard InChI is InChI=1S/C21H34FN5O2/c1-6-9-24-19(23-5)25-15-16-7-8-18(17(22)14-16)26-10-12-27(13-11-26)20(28)29-21(2,3)4/h7-8,14H,6,9-13,15H2,1-5H3,(H2,23,24,25). The van der Waals surface area contributed by atoms with Gasteiger partial charge in [-0.15, -0.1) is 0 Å². The number of benzene rings is 1. The number of nitrogens with zero attached hydrogens (tertiary/aromatic N) is 3. The molecule has 0 aromatic heterocycles. The van der Waals surface area contributed by atoms with Gasteiger partial charge in [-0.25, -0.2) is 9.18 Å². The van der Waals surface area contributed by atoms with E-state index in [1.165, 1.54) is 0 Å². The summed E-state index contributed by atoms with van der Waals surface area (Å²) in [6.07, 6.45) is 0.690. The maximum Gasteiger partial charge on any atom is 0.410 e. The average molecular weight is 408 g/mol. The summed E-state index contributed by atoms with van der Waals surface area (Å²) >= 11 is 0. The minimum Gasteiger partial charge on any atom is -0.444 e. The van der Waals surface area contributed by atoms with Crippen molar-refractivity contribution in [3.63, 3.8) is 0 Å². The van der Waals surface area contributed by atoms with Gasteiger partial charge < -0.3 is 25.2 Å². The minimum absolute atomic E-state index is 0.258. The summed E-state index contributed by atoms with van der Waals surface area (Å²) in [6.45, 7) is 11.1. The summed E-state index contributed by atoms with van der Waals surface area (Å²) in [5.41, 5.74) is 0.891. The summed E-state index contributed by atoms with van der Waals surface area (Å²) < 4.78 is 20.1. The highest BCUT2D eigenvalue weighted by atomic mass is 19.1. The highest BCUT2D eigenvalue weighted by Crippen LogP contribution is 2.22. The van der Waals surface area contributed by atoms with E-state index < -0.39 is 5.60 Å². The maximum atomic E-state index is 14.7. The van der Waals surface area contributed by atoms with E-state index in [4.69, 9.17) is 4.74 Å². The van der Waals surface area contributed by atoms with E-state index in [9.17, 15) is 9.18 Å². The van der Waals surface area contributed by atoms with Crippen molar-refractivity contribution >= 4 is 17.7 Å². The largest absolute Gasteiger partial charge is 0.444 e. The minimum atomic E-state index is -0.515. The molecule has 0 bridgehead atoms. The summed E-state index contributed by atoms with van der Waals surface area (Å²) in [5, 5.41) is 6.37. The second kappa shape index (κ2) is 10.3. The molecule has 8 heteroatoms. The molecule has 1 aromatic carbocycles. The van der Waals surface area contributed by atoms with Crippen LogP contribution in [0.1, 0.15) is 39.7 Å². The smallest absolute Gasteiger partial charge is 0.410 e. The quantitative estimate of drug-likeness (QED) is 0.580. The Balaban J connectivity index is 1.90. The monoisotopic (exact) mass is 407 g/mol. The molecule has 0 atom stereocenters. The van der Waals surface area contributed by atoms with Gasteiger partial charge in [0.1, 0.15) is 11.4 Å². The molecule has 29 heavy (non-hydrogen) atoms. The third-order valence-corrected chi connectivity index (χ3v) is 4.51. The zero-order valence-electron chi connectivity index (χ0n) is 18.2. The molecule has 7 nitrogen and oxygen atoms in total. The molecule has 1 saturated heterocycles. The van der Waals surface area contributed by atoms with E-state index in [0.717, 1.165) is 18.5 Å². The van der Waals surface area contributed by atoms with Crippen LogP contribution < -0.4 is 15.5 Å². The second-order valence-corrected chi connectivity index (χ2v) is 8.09. The van der Waals surface area contributed by atoms with Gasteiger partial charge in [-0.1, -0.05) is 13.0 Å². The first-order valence-electron chi connectivity index (χ1n) is 10.2. The van der Waals surface area contributed by atoms with E-state index in [1.54, 1.807) is 24.1 Å². The van der Waals surface area contributed by atoms with E-state index in [0.29, 0.717) is 44.4 Å². The van der Waals surface area contributed by atoms with Gasteiger partial charge in [0.05, 0.1) is 5.69 Å². The lowest BCUT2D eigenvalue weighted by molar-refractivity contribution is 0.0240.